The van der Waals surface area contributed by atoms with Crippen LogP contribution in [-0.4, -0.2) is 24.5 Å². The number of rotatable bonds is 5. The molecule has 0 fully saturated rings. The first-order chi connectivity index (χ1) is 10.5. The lowest BCUT2D eigenvalue weighted by Crippen LogP contribution is -2.30. The molecular formula is C15H12Cl2N2O2S. The van der Waals surface area contributed by atoms with Gasteiger partial charge in [-0.2, -0.15) is 5.26 Å². The average molecular weight is 355 g/mol. The molecule has 0 unspecified atom stereocenters. The normalized spacial score (nSPS) is 10.1. The van der Waals surface area contributed by atoms with Crippen molar-refractivity contribution in [3.63, 3.8) is 0 Å². The topological polar surface area (TPSA) is 53.3 Å². The molecule has 2 rings (SSSR count). The van der Waals surface area contributed by atoms with Crippen LogP contribution >= 0.6 is 34.5 Å². The summed E-state index contributed by atoms with van der Waals surface area (Å²) in [4.78, 5) is 14.6. The van der Waals surface area contributed by atoms with E-state index >= 15 is 0 Å². The Labute approximate surface area is 142 Å². The molecule has 1 aromatic heterocycles. The summed E-state index contributed by atoms with van der Waals surface area (Å²) in [5.41, 5.74) is 0.440. The Kier molecular flexibility index (Phi) is 5.67. The maximum atomic E-state index is 12.0. The lowest BCUT2D eigenvalue weighted by molar-refractivity contribution is -0.132. The van der Waals surface area contributed by atoms with Gasteiger partial charge in [-0.1, -0.05) is 23.2 Å². The quantitative estimate of drug-likeness (QED) is 0.816. The monoisotopic (exact) mass is 354 g/mol. The first-order valence-corrected chi connectivity index (χ1v) is 7.87. The van der Waals surface area contributed by atoms with E-state index in [4.69, 9.17) is 33.2 Å². The Balaban J connectivity index is 1.91. The number of carbonyl (C=O) groups excluding carboxylic acids is 1. The van der Waals surface area contributed by atoms with E-state index in [2.05, 4.69) is 0 Å². The third-order valence-corrected chi connectivity index (χ3v) is 4.37. The second kappa shape index (κ2) is 7.50. The number of nitrogens with zero attached hydrogens (tertiary/aromatic N) is 2. The molecule has 0 N–H and O–H groups in total. The summed E-state index contributed by atoms with van der Waals surface area (Å²) in [6.07, 6.45) is 0. The molecule has 7 heteroatoms. The molecule has 1 amide bonds. The molecule has 1 heterocycles. The number of amides is 1. The maximum Gasteiger partial charge on any atom is 0.260 e. The van der Waals surface area contributed by atoms with Crippen molar-refractivity contribution in [2.24, 2.45) is 0 Å². The van der Waals surface area contributed by atoms with Gasteiger partial charge in [-0.25, -0.2) is 0 Å². The summed E-state index contributed by atoms with van der Waals surface area (Å²) in [6.45, 7) is 0.349. The Morgan fingerprint density at radius 2 is 2.14 bits per heavy atom. The van der Waals surface area contributed by atoms with Gasteiger partial charge in [0.2, 0.25) is 0 Å². The highest BCUT2D eigenvalue weighted by atomic mass is 35.5. The van der Waals surface area contributed by atoms with Crippen molar-refractivity contribution >= 4 is 40.4 Å². The Hall–Kier alpha value is -1.74. The van der Waals surface area contributed by atoms with Crippen molar-refractivity contribution in [1.82, 2.24) is 4.90 Å². The van der Waals surface area contributed by atoms with Gasteiger partial charge < -0.3 is 9.64 Å². The van der Waals surface area contributed by atoms with Crippen LogP contribution in [0.1, 0.15) is 10.4 Å². The van der Waals surface area contributed by atoms with Gasteiger partial charge in [-0.3, -0.25) is 4.79 Å². The van der Waals surface area contributed by atoms with Gasteiger partial charge in [0, 0.05) is 11.9 Å². The van der Waals surface area contributed by atoms with Gasteiger partial charge in [0.25, 0.3) is 5.91 Å². The van der Waals surface area contributed by atoms with E-state index < -0.39 is 0 Å². The molecule has 0 aliphatic rings. The lowest BCUT2D eigenvalue weighted by Gasteiger charge is -2.17. The van der Waals surface area contributed by atoms with E-state index in [9.17, 15) is 4.79 Å². The molecule has 0 atom stereocenters. The summed E-state index contributed by atoms with van der Waals surface area (Å²) in [5.74, 6) is 0.200. The Bertz CT molecular complexity index is 725. The highest BCUT2D eigenvalue weighted by molar-refractivity contribution is 7.16. The van der Waals surface area contributed by atoms with Crippen molar-refractivity contribution in [2.75, 3.05) is 13.7 Å². The van der Waals surface area contributed by atoms with Crippen molar-refractivity contribution in [3.8, 4) is 11.8 Å². The summed E-state index contributed by atoms with van der Waals surface area (Å²) in [7, 11) is 1.69. The van der Waals surface area contributed by atoms with Crippen molar-refractivity contribution in [2.45, 2.75) is 6.54 Å². The number of likely N-dealkylation sites (N-methyl/N-ethyl adjacent to an activating group) is 1. The van der Waals surface area contributed by atoms with Crippen molar-refractivity contribution < 1.29 is 9.53 Å². The molecule has 0 bridgehead atoms. The number of nitriles is 1. The zero-order chi connectivity index (χ0) is 16.1. The molecule has 0 aliphatic heterocycles. The van der Waals surface area contributed by atoms with E-state index in [1.54, 1.807) is 30.1 Å². The molecule has 0 radical (unpaired) electrons. The van der Waals surface area contributed by atoms with E-state index in [1.165, 1.54) is 17.4 Å². The van der Waals surface area contributed by atoms with Crippen LogP contribution in [0, 0.1) is 11.3 Å². The van der Waals surface area contributed by atoms with E-state index in [1.807, 2.05) is 12.1 Å². The highest BCUT2D eigenvalue weighted by Gasteiger charge is 2.12. The third-order valence-electron chi connectivity index (χ3n) is 2.86. The zero-order valence-electron chi connectivity index (χ0n) is 11.7. The van der Waals surface area contributed by atoms with Crippen LogP contribution < -0.4 is 4.74 Å². The second-order valence-electron chi connectivity index (χ2n) is 4.50. The lowest BCUT2D eigenvalue weighted by atomic mass is 10.2. The van der Waals surface area contributed by atoms with E-state index in [0.29, 0.717) is 27.2 Å². The van der Waals surface area contributed by atoms with Gasteiger partial charge in [-0.15, -0.1) is 11.3 Å². The van der Waals surface area contributed by atoms with Gasteiger partial charge in [-0.05, 0) is 30.3 Å². The summed E-state index contributed by atoms with van der Waals surface area (Å²) in [6, 6.07) is 10.3. The smallest absolute Gasteiger partial charge is 0.260 e. The average Bonchev–Trinajstić information content (AvgIpc) is 2.90. The van der Waals surface area contributed by atoms with Crippen LogP contribution in [0.3, 0.4) is 0 Å². The van der Waals surface area contributed by atoms with Crippen LogP contribution in [0.5, 0.6) is 5.75 Å². The molecule has 0 saturated heterocycles. The minimum Gasteiger partial charge on any atom is -0.482 e. The number of hydrogen-bond acceptors (Lipinski definition) is 4. The van der Waals surface area contributed by atoms with Crippen molar-refractivity contribution in [1.29, 1.82) is 5.26 Å². The number of hydrogen-bond donors (Lipinski definition) is 0. The van der Waals surface area contributed by atoms with Gasteiger partial charge in [0.15, 0.2) is 6.61 Å². The largest absolute Gasteiger partial charge is 0.482 e. The minimum absolute atomic E-state index is 0.124. The fourth-order valence-corrected chi connectivity index (χ4v) is 3.07. The van der Waals surface area contributed by atoms with Crippen LogP contribution in [0.2, 0.25) is 9.36 Å². The van der Waals surface area contributed by atoms with Crippen LogP contribution in [0.4, 0.5) is 0 Å². The van der Waals surface area contributed by atoms with E-state index in [0.717, 1.165) is 4.88 Å². The zero-order valence-corrected chi connectivity index (χ0v) is 14.0. The molecule has 0 aliphatic carbocycles. The molecule has 114 valence electrons. The third kappa shape index (κ3) is 4.38. The molecular weight excluding hydrogens is 343 g/mol. The number of benzene rings is 1. The summed E-state index contributed by atoms with van der Waals surface area (Å²) >= 11 is 13.3. The standard InChI is InChI=1S/C15H12Cl2N2O2S/c1-19(8-11-3-5-14(17)22-11)15(20)9-21-13-4-2-10(7-18)6-12(13)16/h2-6H,8-9H2,1H3. The number of ether oxygens (including phenoxy) is 1. The molecule has 1 aromatic carbocycles. The van der Waals surface area contributed by atoms with Gasteiger partial charge in [0.05, 0.1) is 27.5 Å². The number of halogens is 2. The van der Waals surface area contributed by atoms with Crippen LogP contribution in [0.15, 0.2) is 30.3 Å². The molecule has 2 aromatic rings. The summed E-state index contributed by atoms with van der Waals surface area (Å²) in [5, 5.41) is 9.07. The predicted molar refractivity (Wildman–Crippen MR) is 87.5 cm³/mol. The second-order valence-corrected chi connectivity index (χ2v) is 6.71. The van der Waals surface area contributed by atoms with Gasteiger partial charge in [0.1, 0.15) is 5.75 Å². The fourth-order valence-electron chi connectivity index (χ4n) is 1.70. The number of carbonyl (C=O) groups is 1. The molecule has 4 nitrogen and oxygen atoms in total. The van der Waals surface area contributed by atoms with E-state index in [-0.39, 0.29) is 12.5 Å². The Morgan fingerprint density at radius 3 is 2.73 bits per heavy atom. The molecule has 0 saturated carbocycles. The summed E-state index contributed by atoms with van der Waals surface area (Å²) < 4.78 is 6.10. The van der Waals surface area contributed by atoms with Gasteiger partial charge >= 0.3 is 0 Å². The first kappa shape index (κ1) is 16.6. The van der Waals surface area contributed by atoms with Crippen LogP contribution in [0.25, 0.3) is 0 Å². The Morgan fingerprint density at radius 1 is 1.36 bits per heavy atom. The minimum atomic E-state index is -0.176. The molecule has 22 heavy (non-hydrogen) atoms. The fraction of sp³-hybridized carbons (Fsp3) is 0.200. The maximum absolute atomic E-state index is 12.0. The number of thiophene rings is 1. The highest BCUT2D eigenvalue weighted by Crippen LogP contribution is 2.25. The SMILES string of the molecule is CN(Cc1ccc(Cl)s1)C(=O)COc1ccc(C#N)cc1Cl. The predicted octanol–water partition coefficient (Wildman–Crippen LogP) is 3.96. The first-order valence-electron chi connectivity index (χ1n) is 6.30. The van der Waals surface area contributed by atoms with Crippen LogP contribution in [-0.2, 0) is 11.3 Å². The molecule has 0 spiro atoms. The van der Waals surface area contributed by atoms with Crippen molar-refractivity contribution in [3.05, 3.63) is 50.1 Å².